The van der Waals surface area contributed by atoms with Gasteiger partial charge < -0.3 is 10.4 Å². The van der Waals surface area contributed by atoms with Crippen molar-refractivity contribution < 1.29 is 9.90 Å². The van der Waals surface area contributed by atoms with Crippen molar-refractivity contribution in [2.45, 2.75) is 6.04 Å². The highest BCUT2D eigenvalue weighted by Crippen LogP contribution is 2.39. The summed E-state index contributed by atoms with van der Waals surface area (Å²) in [6, 6.07) is 33.5. The highest BCUT2D eigenvalue weighted by Gasteiger charge is 2.22. The molecule has 5 heteroatoms. The molecule has 0 radical (unpaired) electrons. The Hall–Kier alpha value is -4.99. The van der Waals surface area contributed by atoms with Gasteiger partial charge >= 0.3 is 0 Å². The van der Waals surface area contributed by atoms with Gasteiger partial charge in [0.2, 0.25) is 6.08 Å². The summed E-state index contributed by atoms with van der Waals surface area (Å²) in [5.74, 6) is 0.144. The van der Waals surface area contributed by atoms with Crippen molar-refractivity contribution in [3.63, 3.8) is 0 Å². The number of isocyanates is 1. The zero-order valence-electron chi connectivity index (χ0n) is 19.2. The number of carbonyl (C=O) groups excluding carboxylic acids is 1. The summed E-state index contributed by atoms with van der Waals surface area (Å²) in [4.78, 5) is 18.7. The molecule has 5 aromatic carbocycles. The van der Waals surface area contributed by atoms with Crippen LogP contribution < -0.4 is 5.32 Å². The van der Waals surface area contributed by atoms with Crippen LogP contribution in [-0.2, 0) is 4.79 Å². The molecule has 0 amide bonds. The Bertz CT molecular complexity index is 1790. The van der Waals surface area contributed by atoms with E-state index in [0.717, 1.165) is 38.4 Å². The Balaban J connectivity index is 1.57. The van der Waals surface area contributed by atoms with E-state index in [4.69, 9.17) is 0 Å². The van der Waals surface area contributed by atoms with E-state index in [1.165, 1.54) is 5.39 Å². The maximum absolute atomic E-state index is 11.4. The van der Waals surface area contributed by atoms with Gasteiger partial charge in [-0.2, -0.15) is 4.99 Å². The Labute approximate surface area is 207 Å². The SMILES string of the molecule is O=C=Nc1ccc(NC(c2ccc3cccnc3c2O)c2cccc3cc4ccccc4cc23)cc1. The average molecular weight is 468 g/mol. The van der Waals surface area contributed by atoms with Crippen molar-refractivity contribution in [2.24, 2.45) is 4.99 Å². The van der Waals surface area contributed by atoms with Crippen molar-refractivity contribution in [1.82, 2.24) is 4.98 Å². The van der Waals surface area contributed by atoms with E-state index in [1.807, 2.05) is 54.6 Å². The second kappa shape index (κ2) is 8.99. The van der Waals surface area contributed by atoms with Crippen molar-refractivity contribution in [3.8, 4) is 5.75 Å². The van der Waals surface area contributed by atoms with E-state index in [1.54, 1.807) is 24.4 Å². The number of phenolic OH excluding ortho intramolecular Hbond substituents is 1. The molecule has 0 bridgehead atoms. The first kappa shape index (κ1) is 21.5. The van der Waals surface area contributed by atoms with Crippen LogP contribution in [0.3, 0.4) is 0 Å². The fourth-order valence-electron chi connectivity index (χ4n) is 4.80. The van der Waals surface area contributed by atoms with E-state index < -0.39 is 0 Å². The number of aliphatic imine (C=N–C) groups is 1. The molecule has 1 aromatic heterocycles. The third kappa shape index (κ3) is 3.84. The molecule has 5 nitrogen and oxygen atoms in total. The van der Waals surface area contributed by atoms with Gasteiger partial charge in [-0.15, -0.1) is 0 Å². The van der Waals surface area contributed by atoms with Crippen LogP contribution >= 0.6 is 0 Å². The van der Waals surface area contributed by atoms with Gasteiger partial charge in [0.25, 0.3) is 0 Å². The summed E-state index contributed by atoms with van der Waals surface area (Å²) >= 11 is 0. The van der Waals surface area contributed by atoms with Crippen LogP contribution in [-0.4, -0.2) is 16.2 Å². The highest BCUT2D eigenvalue weighted by atomic mass is 16.3. The van der Waals surface area contributed by atoms with Gasteiger partial charge in [-0.05, 0) is 69.6 Å². The van der Waals surface area contributed by atoms with Crippen molar-refractivity contribution in [2.75, 3.05) is 5.32 Å². The minimum Gasteiger partial charge on any atom is -0.505 e. The lowest BCUT2D eigenvalue weighted by atomic mass is 9.91. The second-order valence-electron chi connectivity index (χ2n) is 8.67. The lowest BCUT2D eigenvalue weighted by molar-refractivity contribution is 0.472. The van der Waals surface area contributed by atoms with Gasteiger partial charge in [-0.3, -0.25) is 4.98 Å². The van der Waals surface area contributed by atoms with Gasteiger partial charge in [0.15, 0.2) is 0 Å². The molecule has 1 unspecified atom stereocenters. The molecule has 0 aliphatic carbocycles. The van der Waals surface area contributed by atoms with Crippen molar-refractivity contribution in [1.29, 1.82) is 0 Å². The third-order valence-electron chi connectivity index (χ3n) is 6.53. The molecule has 6 aromatic rings. The van der Waals surface area contributed by atoms with Crippen LogP contribution in [0.1, 0.15) is 17.2 Å². The molecule has 0 aliphatic heterocycles. The fourth-order valence-corrected chi connectivity index (χ4v) is 4.80. The molecule has 0 saturated heterocycles. The predicted molar refractivity (Wildman–Crippen MR) is 145 cm³/mol. The van der Waals surface area contributed by atoms with Crippen LogP contribution in [0, 0.1) is 0 Å². The number of hydrogen-bond donors (Lipinski definition) is 2. The number of aromatic nitrogens is 1. The zero-order chi connectivity index (χ0) is 24.5. The molecule has 0 saturated carbocycles. The summed E-state index contributed by atoms with van der Waals surface area (Å²) in [7, 11) is 0. The van der Waals surface area contributed by atoms with Crippen LogP contribution in [0.25, 0.3) is 32.4 Å². The van der Waals surface area contributed by atoms with Gasteiger partial charge in [0.1, 0.15) is 11.3 Å². The number of nitrogens with one attached hydrogen (secondary N) is 1. The quantitative estimate of drug-likeness (QED) is 0.157. The number of pyridine rings is 1. The molecule has 1 heterocycles. The maximum atomic E-state index is 11.4. The number of benzene rings is 5. The van der Waals surface area contributed by atoms with Crippen molar-refractivity contribution in [3.05, 3.63) is 120 Å². The van der Waals surface area contributed by atoms with Gasteiger partial charge in [0, 0.05) is 22.8 Å². The minimum atomic E-state index is -0.373. The van der Waals surface area contributed by atoms with Gasteiger partial charge in [0.05, 0.1) is 11.7 Å². The summed E-state index contributed by atoms with van der Waals surface area (Å²) < 4.78 is 0. The Kier molecular flexibility index (Phi) is 5.38. The lowest BCUT2D eigenvalue weighted by Gasteiger charge is -2.24. The lowest BCUT2D eigenvalue weighted by Crippen LogP contribution is -2.13. The topological polar surface area (TPSA) is 74.6 Å². The summed E-state index contributed by atoms with van der Waals surface area (Å²) in [5, 5.41) is 20.4. The second-order valence-corrected chi connectivity index (χ2v) is 8.67. The molecule has 1 atom stereocenters. The normalized spacial score (nSPS) is 11.9. The third-order valence-corrected chi connectivity index (χ3v) is 6.53. The van der Waals surface area contributed by atoms with E-state index in [0.29, 0.717) is 11.2 Å². The van der Waals surface area contributed by atoms with Gasteiger partial charge in [-0.1, -0.05) is 60.7 Å². The monoisotopic (exact) mass is 467 g/mol. The standard InChI is InChI=1S/C31H21N3O2/c35-19-33-24-11-13-25(14-12-24)34-30(27-15-10-20-8-4-16-32-29(20)31(27)36)26-9-3-7-23-17-21-5-1-2-6-22(21)18-28(23)26/h1-18,30,34,36H. The van der Waals surface area contributed by atoms with E-state index >= 15 is 0 Å². The summed E-state index contributed by atoms with van der Waals surface area (Å²) in [6.45, 7) is 0. The zero-order valence-corrected chi connectivity index (χ0v) is 19.2. The molecule has 0 fully saturated rings. The van der Waals surface area contributed by atoms with E-state index in [2.05, 4.69) is 51.7 Å². The first-order valence-corrected chi connectivity index (χ1v) is 11.6. The number of phenols is 1. The Morgan fingerprint density at radius 1 is 0.750 bits per heavy atom. The fraction of sp³-hybridized carbons (Fsp3) is 0.0323. The van der Waals surface area contributed by atoms with E-state index in [9.17, 15) is 9.90 Å². The largest absolute Gasteiger partial charge is 0.505 e. The minimum absolute atomic E-state index is 0.144. The summed E-state index contributed by atoms with van der Waals surface area (Å²) in [5.41, 5.74) is 3.66. The number of nitrogens with zero attached hydrogens (tertiary/aromatic N) is 2. The first-order valence-electron chi connectivity index (χ1n) is 11.6. The number of hydrogen-bond acceptors (Lipinski definition) is 5. The highest BCUT2D eigenvalue weighted by molar-refractivity contribution is 6.00. The van der Waals surface area contributed by atoms with Crippen molar-refractivity contribution >= 4 is 49.9 Å². The van der Waals surface area contributed by atoms with E-state index in [-0.39, 0.29) is 11.8 Å². The molecule has 0 aliphatic rings. The molecule has 36 heavy (non-hydrogen) atoms. The average Bonchev–Trinajstić information content (AvgIpc) is 2.92. The van der Waals surface area contributed by atoms with Crippen LogP contribution in [0.4, 0.5) is 11.4 Å². The molecule has 2 N–H and O–H groups in total. The van der Waals surface area contributed by atoms with Crippen LogP contribution in [0.15, 0.2) is 114 Å². The molecular formula is C31H21N3O2. The predicted octanol–water partition coefficient (Wildman–Crippen LogP) is 7.42. The smallest absolute Gasteiger partial charge is 0.240 e. The number of rotatable bonds is 5. The Morgan fingerprint density at radius 3 is 2.31 bits per heavy atom. The first-order chi connectivity index (χ1) is 17.7. The maximum Gasteiger partial charge on any atom is 0.240 e. The molecule has 6 rings (SSSR count). The number of anilines is 1. The van der Waals surface area contributed by atoms with Gasteiger partial charge in [-0.25, -0.2) is 4.79 Å². The molecular weight excluding hydrogens is 446 g/mol. The number of aromatic hydroxyl groups is 1. The van der Waals surface area contributed by atoms with Crippen LogP contribution in [0.2, 0.25) is 0 Å². The Morgan fingerprint density at radius 2 is 1.50 bits per heavy atom. The van der Waals surface area contributed by atoms with Crippen LogP contribution in [0.5, 0.6) is 5.75 Å². The number of fused-ring (bicyclic) bond motifs is 3. The molecule has 172 valence electrons. The molecule has 0 spiro atoms. The summed E-state index contributed by atoms with van der Waals surface area (Å²) in [6.07, 6.45) is 3.25.